The monoisotopic (exact) mass is 337 g/mol. The van der Waals surface area contributed by atoms with Crippen molar-refractivity contribution in [1.82, 2.24) is 4.89 Å². The van der Waals surface area contributed by atoms with Gasteiger partial charge in [-0.05, 0) is 23.8 Å². The van der Waals surface area contributed by atoms with Crippen molar-refractivity contribution < 1.29 is 17.7 Å². The van der Waals surface area contributed by atoms with Crippen LogP contribution in [0.1, 0.15) is 5.56 Å². The summed E-state index contributed by atoms with van der Waals surface area (Å²) in [5.41, 5.74) is 1.29. The van der Waals surface area contributed by atoms with Crippen LogP contribution in [0.2, 0.25) is 5.02 Å². The molecule has 2 aromatic carbocycles. The largest absolute Gasteiger partial charge is 0.443 e. The average Bonchev–Trinajstić information content (AvgIpc) is 2.94. The summed E-state index contributed by atoms with van der Waals surface area (Å²) in [5, 5.41) is 1.12. The minimum Gasteiger partial charge on any atom is -0.443 e. The van der Waals surface area contributed by atoms with Crippen LogP contribution in [0.3, 0.4) is 0 Å². The van der Waals surface area contributed by atoms with Crippen molar-refractivity contribution in [2.45, 2.75) is 11.7 Å². The molecule has 1 aromatic heterocycles. The van der Waals surface area contributed by atoms with Crippen LogP contribution in [-0.2, 0) is 21.5 Å². The van der Waals surface area contributed by atoms with E-state index in [1.54, 1.807) is 48.5 Å². The van der Waals surface area contributed by atoms with E-state index in [4.69, 9.17) is 20.9 Å². The first kappa shape index (κ1) is 15.1. The molecular formula is C15H12ClNO4S. The van der Waals surface area contributed by atoms with Gasteiger partial charge in [-0.2, -0.15) is 0 Å². The highest BCUT2D eigenvalue weighted by molar-refractivity contribution is 7.89. The van der Waals surface area contributed by atoms with E-state index in [0.29, 0.717) is 16.0 Å². The van der Waals surface area contributed by atoms with Gasteiger partial charge in [-0.15, -0.1) is 0 Å². The lowest BCUT2D eigenvalue weighted by Gasteiger charge is -2.05. The van der Waals surface area contributed by atoms with Gasteiger partial charge in [-0.25, -0.2) is 8.42 Å². The van der Waals surface area contributed by atoms with E-state index in [0.717, 1.165) is 5.56 Å². The van der Waals surface area contributed by atoms with Crippen LogP contribution in [0.25, 0.3) is 11.0 Å². The summed E-state index contributed by atoms with van der Waals surface area (Å²) in [6.45, 7) is 0.0800. The van der Waals surface area contributed by atoms with Gasteiger partial charge in [0.05, 0.1) is 6.61 Å². The lowest BCUT2D eigenvalue weighted by Crippen LogP contribution is -2.23. The second-order valence-electron chi connectivity index (χ2n) is 4.61. The highest BCUT2D eigenvalue weighted by atomic mass is 35.5. The van der Waals surface area contributed by atoms with Crippen molar-refractivity contribution in [1.29, 1.82) is 0 Å². The minimum absolute atomic E-state index is 0.0800. The number of sulfonamides is 1. The van der Waals surface area contributed by atoms with Crippen molar-refractivity contribution in [2.75, 3.05) is 0 Å². The van der Waals surface area contributed by atoms with Gasteiger partial charge in [0.25, 0.3) is 10.0 Å². The lowest BCUT2D eigenvalue weighted by molar-refractivity contribution is 0.0785. The van der Waals surface area contributed by atoms with Crippen molar-refractivity contribution in [3.05, 3.63) is 65.2 Å². The molecule has 0 aliphatic carbocycles. The summed E-state index contributed by atoms with van der Waals surface area (Å²) in [5.74, 6) is 0. The molecule has 0 saturated carbocycles. The maximum Gasteiger partial charge on any atom is 0.295 e. The first-order chi connectivity index (χ1) is 10.5. The second-order valence-corrected chi connectivity index (χ2v) is 6.62. The minimum atomic E-state index is -3.87. The Kier molecular flexibility index (Phi) is 4.17. The van der Waals surface area contributed by atoms with Gasteiger partial charge in [0, 0.05) is 16.5 Å². The van der Waals surface area contributed by atoms with Crippen molar-refractivity contribution in [3.8, 4) is 0 Å². The number of benzene rings is 2. The molecule has 0 amide bonds. The molecule has 0 fully saturated rings. The maximum absolute atomic E-state index is 12.1. The third kappa shape index (κ3) is 3.31. The fourth-order valence-electron chi connectivity index (χ4n) is 1.90. The molecular weight excluding hydrogens is 326 g/mol. The summed E-state index contributed by atoms with van der Waals surface area (Å²) in [6.07, 6.45) is 0. The number of furan rings is 1. The molecule has 0 atom stereocenters. The van der Waals surface area contributed by atoms with Crippen LogP contribution in [0.15, 0.2) is 64.1 Å². The third-order valence-corrected chi connectivity index (χ3v) is 4.31. The fraction of sp³-hybridized carbons (Fsp3) is 0.0667. The number of halogens is 1. The second kappa shape index (κ2) is 6.10. The summed E-state index contributed by atoms with van der Waals surface area (Å²) in [6, 6.07) is 15.4. The van der Waals surface area contributed by atoms with Crippen molar-refractivity contribution in [2.24, 2.45) is 0 Å². The molecule has 0 unspecified atom stereocenters. The lowest BCUT2D eigenvalue weighted by atomic mass is 10.2. The zero-order chi connectivity index (χ0) is 15.6. The summed E-state index contributed by atoms with van der Waals surface area (Å²) < 4.78 is 29.5. The molecule has 7 heteroatoms. The highest BCUT2D eigenvalue weighted by Crippen LogP contribution is 2.22. The van der Waals surface area contributed by atoms with E-state index < -0.39 is 10.0 Å². The van der Waals surface area contributed by atoms with Gasteiger partial charge in [0.1, 0.15) is 5.58 Å². The standard InChI is InChI=1S/C15H12ClNO4S/c16-13-7-5-11(6-8-13)10-20-17-22(18,19)15-9-12-3-1-2-4-14(12)21-15/h1-9,17H,10H2. The predicted octanol–water partition coefficient (Wildman–Crippen LogP) is 3.50. The molecule has 3 aromatic rings. The fourth-order valence-corrected chi connectivity index (χ4v) is 2.81. The molecule has 22 heavy (non-hydrogen) atoms. The first-order valence-corrected chi connectivity index (χ1v) is 8.27. The van der Waals surface area contributed by atoms with E-state index in [2.05, 4.69) is 0 Å². The summed E-state index contributed by atoms with van der Waals surface area (Å²) in [7, 11) is -3.87. The Hall–Kier alpha value is -1.86. The maximum atomic E-state index is 12.1. The van der Waals surface area contributed by atoms with Gasteiger partial charge in [0.2, 0.25) is 5.09 Å². The summed E-state index contributed by atoms with van der Waals surface area (Å²) >= 11 is 5.77. The normalized spacial score (nSPS) is 11.9. The summed E-state index contributed by atoms with van der Waals surface area (Å²) in [4.78, 5) is 7.08. The first-order valence-electron chi connectivity index (χ1n) is 6.41. The van der Waals surface area contributed by atoms with Crippen LogP contribution in [-0.4, -0.2) is 8.42 Å². The Balaban J connectivity index is 1.69. The Bertz CT molecular complexity index is 854. The molecule has 0 spiro atoms. The Morgan fingerprint density at radius 1 is 1.09 bits per heavy atom. The van der Waals surface area contributed by atoms with Crippen LogP contribution < -0.4 is 4.89 Å². The zero-order valence-corrected chi connectivity index (χ0v) is 12.9. The number of rotatable bonds is 5. The van der Waals surface area contributed by atoms with Crippen LogP contribution >= 0.6 is 11.6 Å². The molecule has 5 nitrogen and oxygen atoms in total. The van der Waals surface area contributed by atoms with Gasteiger partial charge in [-0.1, -0.05) is 46.8 Å². The van der Waals surface area contributed by atoms with Crippen LogP contribution in [0.5, 0.6) is 0 Å². The van der Waals surface area contributed by atoms with E-state index in [1.807, 2.05) is 4.89 Å². The molecule has 0 aliphatic heterocycles. The number of fused-ring (bicyclic) bond motifs is 1. The van der Waals surface area contributed by atoms with Gasteiger partial charge >= 0.3 is 0 Å². The van der Waals surface area contributed by atoms with Gasteiger partial charge < -0.3 is 4.42 Å². The molecule has 0 bridgehead atoms. The van der Waals surface area contributed by atoms with E-state index in [-0.39, 0.29) is 11.7 Å². The van der Waals surface area contributed by atoms with E-state index >= 15 is 0 Å². The highest BCUT2D eigenvalue weighted by Gasteiger charge is 2.19. The molecule has 0 aliphatic rings. The van der Waals surface area contributed by atoms with Crippen LogP contribution in [0.4, 0.5) is 0 Å². The number of nitrogens with one attached hydrogen (secondary N) is 1. The van der Waals surface area contributed by atoms with Crippen molar-refractivity contribution >= 4 is 32.6 Å². The van der Waals surface area contributed by atoms with Crippen molar-refractivity contribution in [3.63, 3.8) is 0 Å². The average molecular weight is 338 g/mol. The molecule has 0 radical (unpaired) electrons. The Labute approximate surface area is 132 Å². The third-order valence-electron chi connectivity index (χ3n) is 2.99. The smallest absolute Gasteiger partial charge is 0.295 e. The predicted molar refractivity (Wildman–Crippen MR) is 82.8 cm³/mol. The molecule has 114 valence electrons. The number of hydrogen-bond acceptors (Lipinski definition) is 4. The Morgan fingerprint density at radius 3 is 2.55 bits per heavy atom. The van der Waals surface area contributed by atoms with Crippen LogP contribution in [0, 0.1) is 0 Å². The molecule has 3 rings (SSSR count). The molecule has 1 N–H and O–H groups in total. The Morgan fingerprint density at radius 2 is 1.82 bits per heavy atom. The molecule has 0 saturated heterocycles. The van der Waals surface area contributed by atoms with Gasteiger partial charge in [-0.3, -0.25) is 4.84 Å². The SMILES string of the molecule is O=S(=O)(NOCc1ccc(Cl)cc1)c1cc2ccccc2o1. The number of hydrogen-bond donors (Lipinski definition) is 1. The topological polar surface area (TPSA) is 68.5 Å². The van der Waals surface area contributed by atoms with Gasteiger partial charge in [0.15, 0.2) is 0 Å². The van der Waals surface area contributed by atoms with E-state index in [1.165, 1.54) is 6.07 Å². The molecule has 1 heterocycles. The zero-order valence-electron chi connectivity index (χ0n) is 11.3. The number of para-hydroxylation sites is 1. The van der Waals surface area contributed by atoms with E-state index in [9.17, 15) is 8.42 Å². The quantitative estimate of drug-likeness (QED) is 0.723.